The molecule has 104 valence electrons. The van der Waals surface area contributed by atoms with Crippen LogP contribution in [0.25, 0.3) is 10.8 Å². The summed E-state index contributed by atoms with van der Waals surface area (Å²) in [4.78, 5) is 12.1. The molecule has 3 aromatic rings. The second kappa shape index (κ2) is 6.26. The predicted molar refractivity (Wildman–Crippen MR) is 92.4 cm³/mol. The van der Waals surface area contributed by atoms with Crippen LogP contribution in [0.1, 0.15) is 5.56 Å². The van der Waals surface area contributed by atoms with Crippen LogP contribution in [-0.4, -0.2) is 5.97 Å². The molecule has 0 saturated carbocycles. The summed E-state index contributed by atoms with van der Waals surface area (Å²) in [5.74, 6) is 0.341. The van der Waals surface area contributed by atoms with Gasteiger partial charge in [0.05, 0.1) is 6.42 Å². The van der Waals surface area contributed by atoms with Crippen LogP contribution in [0, 0.1) is 3.57 Å². The summed E-state index contributed by atoms with van der Waals surface area (Å²) in [7, 11) is 0. The second-order valence-electron chi connectivity index (χ2n) is 4.74. The lowest BCUT2D eigenvalue weighted by atomic mass is 10.0. The van der Waals surface area contributed by atoms with Gasteiger partial charge in [0, 0.05) is 3.57 Å². The SMILES string of the molecule is O=C(Cc1cccc2ccccc12)Oc1ccc(I)cc1. The highest BCUT2D eigenvalue weighted by molar-refractivity contribution is 14.1. The first-order valence-corrected chi connectivity index (χ1v) is 7.73. The highest BCUT2D eigenvalue weighted by Crippen LogP contribution is 2.20. The van der Waals surface area contributed by atoms with Gasteiger partial charge < -0.3 is 4.74 Å². The maximum Gasteiger partial charge on any atom is 0.315 e. The normalized spacial score (nSPS) is 10.5. The maximum atomic E-state index is 12.1. The number of benzene rings is 3. The van der Waals surface area contributed by atoms with Gasteiger partial charge in [-0.3, -0.25) is 4.79 Å². The van der Waals surface area contributed by atoms with E-state index in [1.54, 1.807) is 0 Å². The fourth-order valence-electron chi connectivity index (χ4n) is 2.27. The van der Waals surface area contributed by atoms with E-state index in [9.17, 15) is 4.79 Å². The highest BCUT2D eigenvalue weighted by atomic mass is 127. The zero-order valence-corrected chi connectivity index (χ0v) is 13.4. The van der Waals surface area contributed by atoms with Gasteiger partial charge in [0.25, 0.3) is 0 Å². The van der Waals surface area contributed by atoms with Crippen molar-refractivity contribution >= 4 is 39.3 Å². The van der Waals surface area contributed by atoms with Gasteiger partial charge >= 0.3 is 5.97 Å². The van der Waals surface area contributed by atoms with Crippen LogP contribution in [0.15, 0.2) is 66.7 Å². The molecule has 3 heteroatoms. The molecule has 0 aliphatic rings. The zero-order valence-electron chi connectivity index (χ0n) is 11.3. The molecule has 0 spiro atoms. The van der Waals surface area contributed by atoms with E-state index in [4.69, 9.17) is 4.74 Å². The van der Waals surface area contributed by atoms with Crippen LogP contribution in [0.5, 0.6) is 5.75 Å². The minimum Gasteiger partial charge on any atom is -0.426 e. The van der Waals surface area contributed by atoms with Gasteiger partial charge in [0.1, 0.15) is 5.75 Å². The van der Waals surface area contributed by atoms with E-state index in [-0.39, 0.29) is 12.4 Å². The number of ether oxygens (including phenoxy) is 1. The molecule has 0 aliphatic heterocycles. The lowest BCUT2D eigenvalue weighted by molar-refractivity contribution is -0.133. The Morgan fingerprint density at radius 3 is 2.43 bits per heavy atom. The lowest BCUT2D eigenvalue weighted by Gasteiger charge is -2.07. The first-order chi connectivity index (χ1) is 10.2. The topological polar surface area (TPSA) is 26.3 Å². The van der Waals surface area contributed by atoms with Crippen molar-refractivity contribution in [1.29, 1.82) is 0 Å². The standard InChI is InChI=1S/C18H13IO2/c19-15-8-10-16(11-9-15)21-18(20)12-14-6-3-5-13-4-1-2-7-17(13)14/h1-11H,12H2. The van der Waals surface area contributed by atoms with Crippen molar-refractivity contribution in [2.75, 3.05) is 0 Å². The van der Waals surface area contributed by atoms with Gasteiger partial charge in [-0.05, 0) is 63.2 Å². The Morgan fingerprint density at radius 2 is 1.62 bits per heavy atom. The molecule has 3 rings (SSSR count). The summed E-state index contributed by atoms with van der Waals surface area (Å²) in [6.07, 6.45) is 0.271. The van der Waals surface area contributed by atoms with Crippen LogP contribution in [0.4, 0.5) is 0 Å². The Balaban J connectivity index is 1.79. The molecule has 0 N–H and O–H groups in total. The third-order valence-electron chi connectivity index (χ3n) is 3.26. The fraction of sp³-hybridized carbons (Fsp3) is 0.0556. The molecule has 0 radical (unpaired) electrons. The molecule has 0 atom stereocenters. The summed E-state index contributed by atoms with van der Waals surface area (Å²) >= 11 is 2.22. The van der Waals surface area contributed by atoms with E-state index < -0.39 is 0 Å². The van der Waals surface area contributed by atoms with Gasteiger partial charge in [-0.1, -0.05) is 42.5 Å². The van der Waals surface area contributed by atoms with Gasteiger partial charge in [-0.25, -0.2) is 0 Å². The number of carbonyl (C=O) groups excluding carboxylic acids is 1. The number of hydrogen-bond donors (Lipinski definition) is 0. The molecule has 0 heterocycles. The Morgan fingerprint density at radius 1 is 0.905 bits per heavy atom. The Kier molecular flexibility index (Phi) is 4.20. The van der Waals surface area contributed by atoms with Crippen LogP contribution >= 0.6 is 22.6 Å². The second-order valence-corrected chi connectivity index (χ2v) is 5.99. The summed E-state index contributed by atoms with van der Waals surface area (Å²) in [6.45, 7) is 0. The lowest BCUT2D eigenvalue weighted by Crippen LogP contribution is -2.11. The van der Waals surface area contributed by atoms with Gasteiger partial charge in [0.2, 0.25) is 0 Å². The van der Waals surface area contributed by atoms with Crippen molar-refractivity contribution in [2.24, 2.45) is 0 Å². The van der Waals surface area contributed by atoms with Crippen LogP contribution in [-0.2, 0) is 11.2 Å². The molecule has 0 aromatic heterocycles. The zero-order chi connectivity index (χ0) is 14.7. The quantitative estimate of drug-likeness (QED) is 0.373. The molecule has 0 amide bonds. The van der Waals surface area contributed by atoms with E-state index >= 15 is 0 Å². The highest BCUT2D eigenvalue weighted by Gasteiger charge is 2.09. The summed E-state index contributed by atoms with van der Waals surface area (Å²) in [5.41, 5.74) is 0.989. The van der Waals surface area contributed by atoms with Crippen LogP contribution in [0.3, 0.4) is 0 Å². The van der Waals surface area contributed by atoms with E-state index in [1.807, 2.05) is 66.7 Å². The van der Waals surface area contributed by atoms with Crippen molar-refractivity contribution in [3.05, 3.63) is 75.9 Å². The number of rotatable bonds is 3. The van der Waals surface area contributed by atoms with Crippen molar-refractivity contribution in [1.82, 2.24) is 0 Å². The first-order valence-electron chi connectivity index (χ1n) is 6.65. The third-order valence-corrected chi connectivity index (χ3v) is 3.98. The summed E-state index contributed by atoms with van der Waals surface area (Å²) < 4.78 is 6.49. The largest absolute Gasteiger partial charge is 0.426 e. The van der Waals surface area contributed by atoms with E-state index in [0.29, 0.717) is 5.75 Å². The summed E-state index contributed by atoms with van der Waals surface area (Å²) in [6, 6.07) is 21.5. The smallest absolute Gasteiger partial charge is 0.315 e. The van der Waals surface area contributed by atoms with Crippen molar-refractivity contribution in [2.45, 2.75) is 6.42 Å². The van der Waals surface area contributed by atoms with Gasteiger partial charge in [-0.2, -0.15) is 0 Å². The number of hydrogen-bond acceptors (Lipinski definition) is 2. The average Bonchev–Trinajstić information content (AvgIpc) is 2.50. The molecular weight excluding hydrogens is 375 g/mol. The molecule has 0 fully saturated rings. The fourth-order valence-corrected chi connectivity index (χ4v) is 2.63. The monoisotopic (exact) mass is 388 g/mol. The average molecular weight is 388 g/mol. The molecule has 0 unspecified atom stereocenters. The Labute approximate surface area is 136 Å². The molecular formula is C18H13IO2. The molecule has 0 aliphatic carbocycles. The minimum atomic E-state index is -0.243. The Hall–Kier alpha value is -1.88. The molecule has 0 bridgehead atoms. The van der Waals surface area contributed by atoms with Crippen molar-refractivity contribution in [3.63, 3.8) is 0 Å². The van der Waals surface area contributed by atoms with Crippen LogP contribution < -0.4 is 4.74 Å². The van der Waals surface area contributed by atoms with E-state index in [2.05, 4.69) is 22.6 Å². The van der Waals surface area contributed by atoms with Crippen molar-refractivity contribution < 1.29 is 9.53 Å². The third kappa shape index (κ3) is 3.42. The maximum absolute atomic E-state index is 12.1. The van der Waals surface area contributed by atoms with Crippen molar-refractivity contribution in [3.8, 4) is 5.75 Å². The molecule has 0 saturated heterocycles. The number of halogens is 1. The first kappa shape index (κ1) is 14.1. The molecule has 21 heavy (non-hydrogen) atoms. The number of carbonyl (C=O) groups is 1. The van der Waals surface area contributed by atoms with E-state index in [0.717, 1.165) is 19.9 Å². The molecule has 3 aromatic carbocycles. The number of fused-ring (bicyclic) bond motifs is 1. The van der Waals surface area contributed by atoms with E-state index in [1.165, 1.54) is 0 Å². The minimum absolute atomic E-state index is 0.243. The van der Waals surface area contributed by atoms with Gasteiger partial charge in [-0.15, -0.1) is 0 Å². The number of esters is 1. The summed E-state index contributed by atoms with van der Waals surface area (Å²) in [5, 5.41) is 2.23. The molecule has 2 nitrogen and oxygen atoms in total. The van der Waals surface area contributed by atoms with Gasteiger partial charge in [0.15, 0.2) is 0 Å². The Bertz CT molecular complexity index is 773. The predicted octanol–water partition coefficient (Wildman–Crippen LogP) is 4.59. The van der Waals surface area contributed by atoms with Crippen LogP contribution in [0.2, 0.25) is 0 Å².